The van der Waals surface area contributed by atoms with Crippen LogP contribution in [0.2, 0.25) is 0 Å². The first-order chi connectivity index (χ1) is 18.4. The van der Waals surface area contributed by atoms with Gasteiger partial charge in [-0.25, -0.2) is 22.5 Å². The zero-order valence-corrected chi connectivity index (χ0v) is 22.1. The van der Waals surface area contributed by atoms with Gasteiger partial charge in [0, 0.05) is 50.4 Å². The molecule has 0 spiro atoms. The number of aryl methyl sites for hydroxylation is 1. The Balaban J connectivity index is 1.33. The maximum Gasteiger partial charge on any atom is 0.260 e. The van der Waals surface area contributed by atoms with Crippen LogP contribution in [0.1, 0.15) is 32.1 Å². The van der Waals surface area contributed by atoms with Gasteiger partial charge in [0.2, 0.25) is 5.95 Å². The molecule has 0 bridgehead atoms. The van der Waals surface area contributed by atoms with Crippen molar-refractivity contribution >= 4 is 34.8 Å². The number of anilines is 2. The maximum atomic E-state index is 15.5. The Hall–Kier alpha value is -2.83. The Kier molecular flexibility index (Phi) is 8.39. The summed E-state index contributed by atoms with van der Waals surface area (Å²) in [5.74, 6) is -0.598. The second-order valence-electron chi connectivity index (χ2n) is 9.91. The van der Waals surface area contributed by atoms with E-state index in [9.17, 15) is 13.6 Å². The molecule has 1 aromatic carbocycles. The molecular formula is C26H32F3N7OS. The van der Waals surface area contributed by atoms with Gasteiger partial charge in [-0.05, 0) is 69.3 Å². The second-order valence-corrected chi connectivity index (χ2v) is 10.8. The molecule has 2 saturated heterocycles. The van der Waals surface area contributed by atoms with Gasteiger partial charge in [-0.2, -0.15) is 4.98 Å². The Morgan fingerprint density at radius 3 is 2.79 bits per heavy atom. The number of fused-ring (bicyclic) bond motifs is 1. The Morgan fingerprint density at radius 2 is 2.03 bits per heavy atom. The molecule has 12 heteroatoms. The molecule has 38 heavy (non-hydrogen) atoms. The van der Waals surface area contributed by atoms with Crippen LogP contribution in [0.25, 0.3) is 22.2 Å². The van der Waals surface area contributed by atoms with E-state index in [-0.39, 0.29) is 17.8 Å². The summed E-state index contributed by atoms with van der Waals surface area (Å²) in [5, 5.41) is 7.09. The number of nitrogens with zero attached hydrogens (tertiary/aromatic N) is 4. The highest BCUT2D eigenvalue weighted by molar-refractivity contribution is 7.98. The third-order valence-electron chi connectivity index (χ3n) is 7.22. The van der Waals surface area contributed by atoms with Gasteiger partial charge in [0.05, 0.1) is 16.8 Å². The molecule has 0 aliphatic carbocycles. The molecule has 4 heterocycles. The number of halogens is 3. The Bertz CT molecular complexity index is 1350. The molecule has 0 unspecified atom stereocenters. The number of alkyl halides is 1. The molecule has 2 aromatic heterocycles. The highest BCUT2D eigenvalue weighted by Gasteiger charge is 2.24. The molecule has 8 nitrogen and oxygen atoms in total. The summed E-state index contributed by atoms with van der Waals surface area (Å²) in [7, 11) is 1.52. The molecule has 2 aliphatic rings. The molecule has 1 atom stereocenters. The second kappa shape index (κ2) is 11.9. The minimum absolute atomic E-state index is 0.0103. The molecule has 2 fully saturated rings. The van der Waals surface area contributed by atoms with Crippen LogP contribution in [0.4, 0.5) is 24.8 Å². The number of aromatic nitrogens is 3. The standard InChI is InChI=1S/C26H32F3N7OS/c1-35-24-17(14-32-26(33-24)31-9-2-3-16-6-10-30-11-7-16)13-19(25(35)37)22-20(28)4-5-21(23(22)29)34-38-36-12-8-18(27)15-36/h4-5,13-14,16,18,30,34H,2-3,6-12,15H2,1H3,(H,31,32,33)/t18-/m1/s1. The minimum Gasteiger partial charge on any atom is -0.354 e. The third kappa shape index (κ3) is 5.92. The number of hydrogen-bond acceptors (Lipinski definition) is 8. The van der Waals surface area contributed by atoms with Gasteiger partial charge >= 0.3 is 0 Å². The van der Waals surface area contributed by atoms with E-state index in [1.54, 1.807) is 10.5 Å². The van der Waals surface area contributed by atoms with Crippen LogP contribution in [0.15, 0.2) is 29.2 Å². The van der Waals surface area contributed by atoms with Gasteiger partial charge < -0.3 is 15.4 Å². The Morgan fingerprint density at radius 1 is 1.21 bits per heavy atom. The summed E-state index contributed by atoms with van der Waals surface area (Å²) in [5.41, 5.74) is -0.746. The van der Waals surface area contributed by atoms with Crippen LogP contribution in [-0.4, -0.2) is 57.7 Å². The van der Waals surface area contributed by atoms with Crippen LogP contribution in [0, 0.1) is 17.6 Å². The van der Waals surface area contributed by atoms with Gasteiger partial charge in [0.1, 0.15) is 17.6 Å². The largest absolute Gasteiger partial charge is 0.354 e. The number of nitrogens with one attached hydrogen (secondary N) is 3. The molecule has 3 N–H and O–H groups in total. The molecule has 5 rings (SSSR count). The SMILES string of the molecule is Cn1c(=O)c(-c2c(F)ccc(NSN3CC[C@@H](F)C3)c2F)cc2cnc(NCCCC3CCNCC3)nc21. The first-order valence-electron chi connectivity index (χ1n) is 13.0. The first-order valence-corrected chi connectivity index (χ1v) is 13.8. The lowest BCUT2D eigenvalue weighted by molar-refractivity contribution is 0.349. The first kappa shape index (κ1) is 26.8. The van der Waals surface area contributed by atoms with Gasteiger partial charge in [-0.15, -0.1) is 0 Å². The summed E-state index contributed by atoms with van der Waals surface area (Å²) >= 11 is 1.06. The van der Waals surface area contributed by atoms with Crippen molar-refractivity contribution in [3.63, 3.8) is 0 Å². The van der Waals surface area contributed by atoms with E-state index in [1.807, 2.05) is 0 Å². The zero-order chi connectivity index (χ0) is 26.6. The molecule has 0 radical (unpaired) electrons. The highest BCUT2D eigenvalue weighted by atomic mass is 32.2. The summed E-state index contributed by atoms with van der Waals surface area (Å²) in [6.45, 7) is 3.63. The number of rotatable bonds is 9. The van der Waals surface area contributed by atoms with Crippen LogP contribution >= 0.6 is 12.1 Å². The van der Waals surface area contributed by atoms with E-state index in [0.29, 0.717) is 29.9 Å². The van der Waals surface area contributed by atoms with E-state index >= 15 is 4.39 Å². The van der Waals surface area contributed by atoms with E-state index in [2.05, 4.69) is 25.3 Å². The predicted octanol–water partition coefficient (Wildman–Crippen LogP) is 4.48. The van der Waals surface area contributed by atoms with Crippen molar-refractivity contribution in [2.24, 2.45) is 13.0 Å². The fraction of sp³-hybridized carbons (Fsp3) is 0.500. The summed E-state index contributed by atoms with van der Waals surface area (Å²) in [4.78, 5) is 22.1. The number of pyridine rings is 1. The minimum atomic E-state index is -0.921. The van der Waals surface area contributed by atoms with E-state index < -0.39 is 28.9 Å². The molecule has 3 aromatic rings. The van der Waals surface area contributed by atoms with Crippen molar-refractivity contribution in [3.8, 4) is 11.1 Å². The summed E-state index contributed by atoms with van der Waals surface area (Å²) < 4.78 is 49.6. The monoisotopic (exact) mass is 547 g/mol. The lowest BCUT2D eigenvalue weighted by Crippen LogP contribution is -2.27. The molecular weight excluding hydrogens is 515 g/mol. The average molecular weight is 548 g/mol. The van der Waals surface area contributed by atoms with E-state index in [0.717, 1.165) is 56.6 Å². The van der Waals surface area contributed by atoms with Gasteiger partial charge in [-0.1, -0.05) is 0 Å². The summed E-state index contributed by atoms with van der Waals surface area (Å²) in [6, 6.07) is 3.80. The van der Waals surface area contributed by atoms with Crippen LogP contribution in [0.3, 0.4) is 0 Å². The lowest BCUT2D eigenvalue weighted by atomic mass is 9.93. The van der Waals surface area contributed by atoms with Gasteiger partial charge in [0.25, 0.3) is 5.56 Å². The smallest absolute Gasteiger partial charge is 0.260 e. The van der Waals surface area contributed by atoms with Crippen LogP contribution < -0.4 is 20.9 Å². The number of hydrogen-bond donors (Lipinski definition) is 3. The van der Waals surface area contributed by atoms with Gasteiger partial charge in [0.15, 0.2) is 5.82 Å². The lowest BCUT2D eigenvalue weighted by Gasteiger charge is -2.22. The topological polar surface area (TPSA) is 87.1 Å². The van der Waals surface area contributed by atoms with Crippen molar-refractivity contribution in [3.05, 3.63) is 46.4 Å². The average Bonchev–Trinajstić information content (AvgIpc) is 3.34. The molecule has 204 valence electrons. The Labute approximate surface area is 223 Å². The van der Waals surface area contributed by atoms with E-state index in [4.69, 9.17) is 0 Å². The quantitative estimate of drug-likeness (QED) is 0.267. The fourth-order valence-corrected chi connectivity index (χ4v) is 5.85. The normalized spacial score (nSPS) is 18.8. The maximum absolute atomic E-state index is 15.5. The van der Waals surface area contributed by atoms with Crippen molar-refractivity contribution in [2.45, 2.75) is 38.3 Å². The van der Waals surface area contributed by atoms with Crippen LogP contribution in [0.5, 0.6) is 0 Å². The van der Waals surface area contributed by atoms with Crippen LogP contribution in [-0.2, 0) is 7.05 Å². The zero-order valence-electron chi connectivity index (χ0n) is 21.3. The van der Waals surface area contributed by atoms with Gasteiger partial charge in [-0.3, -0.25) is 9.36 Å². The number of benzene rings is 1. The summed E-state index contributed by atoms with van der Waals surface area (Å²) in [6.07, 6.45) is 5.59. The van der Waals surface area contributed by atoms with Crippen molar-refractivity contribution in [1.82, 2.24) is 24.2 Å². The molecule has 0 saturated carbocycles. The third-order valence-corrected chi connectivity index (χ3v) is 8.12. The fourth-order valence-electron chi connectivity index (χ4n) is 5.03. The molecule has 2 aliphatic heterocycles. The predicted molar refractivity (Wildman–Crippen MR) is 146 cm³/mol. The highest BCUT2D eigenvalue weighted by Crippen LogP contribution is 2.32. The molecule has 0 amide bonds. The van der Waals surface area contributed by atoms with Crippen molar-refractivity contribution in [2.75, 3.05) is 42.8 Å². The van der Waals surface area contributed by atoms with Crippen molar-refractivity contribution < 1.29 is 13.2 Å². The van der Waals surface area contributed by atoms with Crippen molar-refractivity contribution in [1.29, 1.82) is 0 Å². The number of piperidine rings is 1. The van der Waals surface area contributed by atoms with E-state index in [1.165, 1.54) is 36.6 Å².